The van der Waals surface area contributed by atoms with Gasteiger partial charge in [0.1, 0.15) is 5.60 Å². The number of amides is 1. The minimum absolute atomic E-state index is 0.133. The maximum atomic E-state index is 11.5. The molecular formula is C12H18IN3O4. The summed E-state index contributed by atoms with van der Waals surface area (Å²) in [7, 11) is 0. The van der Waals surface area contributed by atoms with E-state index in [-0.39, 0.29) is 18.8 Å². The van der Waals surface area contributed by atoms with Crippen molar-refractivity contribution in [2.45, 2.75) is 39.8 Å². The van der Waals surface area contributed by atoms with Crippen molar-refractivity contribution >= 4 is 34.7 Å². The molecule has 0 spiro atoms. The average Bonchev–Trinajstić information content (AvgIpc) is 2.52. The molecule has 112 valence electrons. The van der Waals surface area contributed by atoms with Crippen LogP contribution < -0.4 is 5.32 Å². The Labute approximate surface area is 130 Å². The predicted molar refractivity (Wildman–Crippen MR) is 80.9 cm³/mol. The van der Waals surface area contributed by atoms with Crippen LogP contribution in [-0.4, -0.2) is 39.1 Å². The van der Waals surface area contributed by atoms with E-state index in [2.05, 4.69) is 10.4 Å². The van der Waals surface area contributed by atoms with Crippen LogP contribution in [0.1, 0.15) is 37.0 Å². The van der Waals surface area contributed by atoms with Crippen LogP contribution in [0.2, 0.25) is 0 Å². The third-order valence-corrected chi connectivity index (χ3v) is 3.54. The summed E-state index contributed by atoms with van der Waals surface area (Å²) in [4.78, 5) is 22.6. The van der Waals surface area contributed by atoms with E-state index in [9.17, 15) is 9.59 Å². The number of carboxylic acid groups (broad SMARTS) is 1. The Morgan fingerprint density at radius 1 is 1.45 bits per heavy atom. The van der Waals surface area contributed by atoms with E-state index >= 15 is 0 Å². The zero-order chi connectivity index (χ0) is 15.5. The molecule has 8 heteroatoms. The molecule has 2 N–H and O–H groups in total. The molecule has 1 heterocycles. The number of aryl methyl sites for hydroxylation is 1. The number of ether oxygens (including phenoxy) is 1. The first-order chi connectivity index (χ1) is 9.11. The smallest absolute Gasteiger partial charge is 0.407 e. The lowest BCUT2D eigenvalue weighted by Crippen LogP contribution is -2.34. The number of carbonyl (C=O) groups is 2. The molecule has 20 heavy (non-hydrogen) atoms. The molecule has 0 unspecified atom stereocenters. The van der Waals surface area contributed by atoms with Gasteiger partial charge in [-0.25, -0.2) is 9.59 Å². The van der Waals surface area contributed by atoms with Crippen LogP contribution in [-0.2, 0) is 11.3 Å². The lowest BCUT2D eigenvalue weighted by atomic mass is 10.2. The van der Waals surface area contributed by atoms with Crippen LogP contribution in [0.25, 0.3) is 0 Å². The summed E-state index contributed by atoms with van der Waals surface area (Å²) in [6.07, 6.45) is -0.534. The predicted octanol–water partition coefficient (Wildman–Crippen LogP) is 2.02. The molecule has 0 atom stereocenters. The van der Waals surface area contributed by atoms with Crippen molar-refractivity contribution in [3.05, 3.63) is 15.0 Å². The number of carboxylic acids is 1. The van der Waals surface area contributed by atoms with Crippen LogP contribution in [0, 0.1) is 10.5 Å². The Morgan fingerprint density at radius 3 is 2.55 bits per heavy atom. The van der Waals surface area contributed by atoms with Crippen molar-refractivity contribution in [3.63, 3.8) is 0 Å². The van der Waals surface area contributed by atoms with Gasteiger partial charge in [0.25, 0.3) is 0 Å². The third kappa shape index (κ3) is 4.66. The molecule has 1 amide bonds. The maximum absolute atomic E-state index is 11.5. The van der Waals surface area contributed by atoms with Crippen molar-refractivity contribution in [2.24, 2.45) is 0 Å². The minimum Gasteiger partial charge on any atom is -0.476 e. The third-order valence-electron chi connectivity index (χ3n) is 2.25. The minimum atomic E-state index is -1.03. The number of nitrogens with one attached hydrogen (secondary N) is 1. The monoisotopic (exact) mass is 395 g/mol. The molecular weight excluding hydrogens is 377 g/mol. The van der Waals surface area contributed by atoms with Crippen molar-refractivity contribution < 1.29 is 19.4 Å². The van der Waals surface area contributed by atoms with Gasteiger partial charge in [-0.1, -0.05) is 0 Å². The van der Waals surface area contributed by atoms with Gasteiger partial charge in [-0.05, 0) is 50.3 Å². The second kappa shape index (κ2) is 6.42. The number of rotatable bonds is 4. The Hall–Kier alpha value is -1.32. The van der Waals surface area contributed by atoms with E-state index in [4.69, 9.17) is 9.84 Å². The fraction of sp³-hybridized carbons (Fsp3) is 0.583. The van der Waals surface area contributed by atoms with Gasteiger partial charge >= 0.3 is 12.1 Å². The summed E-state index contributed by atoms with van der Waals surface area (Å²) in [5.41, 5.74) is 0.225. The van der Waals surface area contributed by atoms with Crippen molar-refractivity contribution in [1.29, 1.82) is 0 Å². The van der Waals surface area contributed by atoms with E-state index in [1.54, 1.807) is 27.7 Å². The molecule has 0 bridgehead atoms. The lowest BCUT2D eigenvalue weighted by molar-refractivity contribution is 0.0525. The van der Waals surface area contributed by atoms with Gasteiger partial charge in [0, 0.05) is 6.54 Å². The summed E-state index contributed by atoms with van der Waals surface area (Å²) in [5, 5.41) is 15.8. The van der Waals surface area contributed by atoms with E-state index in [1.807, 2.05) is 22.6 Å². The van der Waals surface area contributed by atoms with Gasteiger partial charge in [-0.15, -0.1) is 0 Å². The van der Waals surface area contributed by atoms with E-state index in [1.165, 1.54) is 4.68 Å². The molecule has 0 aromatic carbocycles. The standard InChI is InChI=1S/C12H18IN3O4/c1-7-8(13)9(10(17)18)16(15-7)6-5-14-11(19)20-12(2,3)4/h5-6H2,1-4H3,(H,14,19)(H,17,18). The van der Waals surface area contributed by atoms with Crippen LogP contribution in [0.15, 0.2) is 0 Å². The summed E-state index contributed by atoms with van der Waals surface area (Å²) >= 11 is 1.95. The lowest BCUT2D eigenvalue weighted by Gasteiger charge is -2.19. The highest BCUT2D eigenvalue weighted by Gasteiger charge is 2.20. The molecule has 1 aromatic rings. The van der Waals surface area contributed by atoms with Crippen LogP contribution >= 0.6 is 22.6 Å². The first-order valence-corrected chi connectivity index (χ1v) is 7.12. The topological polar surface area (TPSA) is 93.5 Å². The van der Waals surface area contributed by atoms with Crippen molar-refractivity contribution in [1.82, 2.24) is 15.1 Å². The molecule has 0 radical (unpaired) electrons. The van der Waals surface area contributed by atoms with Gasteiger partial charge in [-0.2, -0.15) is 5.10 Å². The number of aromatic carboxylic acids is 1. The number of hydrogen-bond donors (Lipinski definition) is 2. The zero-order valence-electron chi connectivity index (χ0n) is 11.9. The second-order valence-electron chi connectivity index (χ2n) is 5.20. The fourth-order valence-corrected chi connectivity index (χ4v) is 2.12. The average molecular weight is 395 g/mol. The number of aromatic nitrogens is 2. The molecule has 0 saturated heterocycles. The van der Waals surface area contributed by atoms with Crippen LogP contribution in [0.3, 0.4) is 0 Å². The van der Waals surface area contributed by atoms with Crippen LogP contribution in [0.5, 0.6) is 0 Å². The number of nitrogens with zero attached hydrogens (tertiary/aromatic N) is 2. The first kappa shape index (κ1) is 16.7. The Bertz CT molecular complexity index is 520. The van der Waals surface area contributed by atoms with Gasteiger partial charge < -0.3 is 15.2 Å². The summed E-state index contributed by atoms with van der Waals surface area (Å²) in [6, 6.07) is 0. The largest absolute Gasteiger partial charge is 0.476 e. The Morgan fingerprint density at radius 2 is 2.05 bits per heavy atom. The van der Waals surface area contributed by atoms with Gasteiger partial charge in [0.2, 0.25) is 0 Å². The molecule has 7 nitrogen and oxygen atoms in total. The van der Waals surface area contributed by atoms with Gasteiger partial charge in [0.05, 0.1) is 15.8 Å². The molecule has 0 fully saturated rings. The van der Waals surface area contributed by atoms with Gasteiger partial charge in [-0.3, -0.25) is 4.68 Å². The van der Waals surface area contributed by atoms with E-state index < -0.39 is 17.7 Å². The number of alkyl carbamates (subject to hydrolysis) is 1. The Kier molecular flexibility index (Phi) is 5.37. The normalized spacial score (nSPS) is 11.2. The summed E-state index contributed by atoms with van der Waals surface area (Å²) in [5.74, 6) is -1.03. The molecule has 1 aromatic heterocycles. The quantitative estimate of drug-likeness (QED) is 0.761. The molecule has 0 aliphatic carbocycles. The van der Waals surface area contributed by atoms with Crippen molar-refractivity contribution in [3.8, 4) is 0 Å². The maximum Gasteiger partial charge on any atom is 0.407 e. The Balaban J connectivity index is 2.61. The highest BCUT2D eigenvalue weighted by atomic mass is 127. The highest BCUT2D eigenvalue weighted by Crippen LogP contribution is 2.16. The number of halogens is 1. The first-order valence-electron chi connectivity index (χ1n) is 6.05. The zero-order valence-corrected chi connectivity index (χ0v) is 14.0. The molecule has 1 rings (SSSR count). The summed E-state index contributed by atoms with van der Waals surface area (Å²) < 4.78 is 7.06. The van der Waals surface area contributed by atoms with E-state index in [0.717, 1.165) is 0 Å². The van der Waals surface area contributed by atoms with E-state index in [0.29, 0.717) is 9.26 Å². The van der Waals surface area contributed by atoms with Crippen LogP contribution in [0.4, 0.5) is 4.79 Å². The highest BCUT2D eigenvalue weighted by molar-refractivity contribution is 14.1. The molecule has 0 saturated carbocycles. The summed E-state index contributed by atoms with van der Waals surface area (Å²) in [6.45, 7) is 7.57. The molecule has 0 aliphatic heterocycles. The number of carbonyl (C=O) groups excluding carboxylic acids is 1. The van der Waals surface area contributed by atoms with Gasteiger partial charge in [0.15, 0.2) is 5.69 Å². The number of hydrogen-bond acceptors (Lipinski definition) is 4. The van der Waals surface area contributed by atoms with Crippen molar-refractivity contribution in [2.75, 3.05) is 6.54 Å². The fourth-order valence-electron chi connectivity index (χ4n) is 1.50. The SMILES string of the molecule is Cc1nn(CCNC(=O)OC(C)(C)C)c(C(=O)O)c1I. The second-order valence-corrected chi connectivity index (χ2v) is 6.28. The molecule has 0 aliphatic rings.